The summed E-state index contributed by atoms with van der Waals surface area (Å²) in [5.74, 6) is -0.102. The first-order valence-corrected chi connectivity index (χ1v) is 8.00. The van der Waals surface area contributed by atoms with E-state index in [4.69, 9.17) is 4.74 Å². The van der Waals surface area contributed by atoms with Crippen molar-refractivity contribution in [2.45, 2.75) is 39.5 Å². The number of rotatable bonds is 4. The first-order chi connectivity index (χ1) is 11.0. The molecular weight excluding hydrogens is 294 g/mol. The fourth-order valence-electron chi connectivity index (χ4n) is 2.46. The van der Waals surface area contributed by atoms with Crippen LogP contribution < -0.4 is 10.6 Å². The molecule has 23 heavy (non-hydrogen) atoms. The van der Waals surface area contributed by atoms with Gasteiger partial charge in [-0.15, -0.1) is 0 Å². The summed E-state index contributed by atoms with van der Waals surface area (Å²) in [6.07, 6.45) is 0.0672. The van der Waals surface area contributed by atoms with Crippen LogP contribution in [0.2, 0.25) is 0 Å². The van der Waals surface area contributed by atoms with Gasteiger partial charge in [-0.3, -0.25) is 4.79 Å². The zero-order chi connectivity index (χ0) is 16.8. The van der Waals surface area contributed by atoms with Gasteiger partial charge in [0.2, 0.25) is 0 Å². The average molecular weight is 319 g/mol. The molecule has 0 radical (unpaired) electrons. The first-order valence-electron chi connectivity index (χ1n) is 8.00. The van der Waals surface area contributed by atoms with E-state index >= 15 is 0 Å². The van der Waals surface area contributed by atoms with Gasteiger partial charge >= 0.3 is 6.03 Å². The van der Waals surface area contributed by atoms with Crippen LogP contribution in [0.1, 0.15) is 36.7 Å². The van der Waals surface area contributed by atoms with Crippen molar-refractivity contribution in [3.05, 3.63) is 35.4 Å². The maximum Gasteiger partial charge on any atom is 0.317 e. The molecule has 1 aliphatic rings. The third-order valence-corrected chi connectivity index (χ3v) is 3.58. The smallest absolute Gasteiger partial charge is 0.317 e. The summed E-state index contributed by atoms with van der Waals surface area (Å²) in [5.41, 5.74) is 1.50. The molecular formula is C17H25N3O3. The topological polar surface area (TPSA) is 70.7 Å². The Morgan fingerprint density at radius 2 is 2.17 bits per heavy atom. The normalized spacial score (nSPS) is 17.9. The molecule has 0 bridgehead atoms. The van der Waals surface area contributed by atoms with Crippen LogP contribution in [0, 0.1) is 0 Å². The summed E-state index contributed by atoms with van der Waals surface area (Å²) in [6.45, 7) is 7.97. The molecule has 1 aromatic rings. The van der Waals surface area contributed by atoms with Gasteiger partial charge in [0.25, 0.3) is 5.91 Å². The van der Waals surface area contributed by atoms with Crippen LogP contribution in [-0.2, 0) is 11.3 Å². The van der Waals surface area contributed by atoms with Gasteiger partial charge in [-0.25, -0.2) is 4.79 Å². The van der Waals surface area contributed by atoms with Crippen LogP contribution in [0.5, 0.6) is 0 Å². The van der Waals surface area contributed by atoms with Crippen molar-refractivity contribution >= 4 is 11.9 Å². The van der Waals surface area contributed by atoms with Crippen molar-refractivity contribution in [3.8, 4) is 0 Å². The van der Waals surface area contributed by atoms with Gasteiger partial charge < -0.3 is 20.3 Å². The molecule has 6 heteroatoms. The van der Waals surface area contributed by atoms with Crippen molar-refractivity contribution < 1.29 is 14.3 Å². The Bertz CT molecular complexity index is 560. The molecule has 1 heterocycles. The lowest BCUT2D eigenvalue weighted by atomic mass is 10.1. The number of morpholine rings is 1. The number of hydrogen-bond acceptors (Lipinski definition) is 3. The fourth-order valence-corrected chi connectivity index (χ4v) is 2.46. The van der Waals surface area contributed by atoms with Gasteiger partial charge in [-0.2, -0.15) is 0 Å². The summed E-state index contributed by atoms with van der Waals surface area (Å²) in [7, 11) is 0. The highest BCUT2D eigenvalue weighted by molar-refractivity contribution is 5.94. The van der Waals surface area contributed by atoms with E-state index in [2.05, 4.69) is 10.6 Å². The van der Waals surface area contributed by atoms with E-state index in [9.17, 15) is 9.59 Å². The lowest BCUT2D eigenvalue weighted by molar-refractivity contribution is -0.00351. The van der Waals surface area contributed by atoms with Crippen LogP contribution in [0.4, 0.5) is 4.79 Å². The highest BCUT2D eigenvalue weighted by atomic mass is 16.5. The first kappa shape index (κ1) is 17.3. The number of benzene rings is 1. The Labute approximate surface area is 137 Å². The Morgan fingerprint density at radius 1 is 1.39 bits per heavy atom. The third kappa shape index (κ3) is 5.25. The summed E-state index contributed by atoms with van der Waals surface area (Å²) in [4.78, 5) is 25.9. The molecule has 0 aliphatic carbocycles. The van der Waals surface area contributed by atoms with E-state index < -0.39 is 0 Å². The Balaban J connectivity index is 1.90. The van der Waals surface area contributed by atoms with Gasteiger partial charge in [0.05, 0.1) is 12.7 Å². The molecule has 1 fully saturated rings. The number of hydrogen-bond donors (Lipinski definition) is 2. The van der Waals surface area contributed by atoms with Crippen LogP contribution in [0.3, 0.4) is 0 Å². The van der Waals surface area contributed by atoms with Crippen LogP contribution in [0.25, 0.3) is 0 Å². The molecule has 0 saturated carbocycles. The predicted molar refractivity (Wildman–Crippen MR) is 88.3 cm³/mol. The van der Waals surface area contributed by atoms with E-state index in [1.165, 1.54) is 0 Å². The molecule has 2 rings (SSSR count). The SMILES string of the molecule is CC(C)NC(=O)c1cccc(CNC(=O)N2CCOC(C)C2)c1. The molecule has 6 nitrogen and oxygen atoms in total. The summed E-state index contributed by atoms with van der Waals surface area (Å²) in [5, 5.41) is 5.76. The Kier molecular flexibility index (Phi) is 5.98. The quantitative estimate of drug-likeness (QED) is 0.888. The second-order valence-electron chi connectivity index (χ2n) is 6.11. The van der Waals surface area contributed by atoms with Gasteiger partial charge in [0.1, 0.15) is 0 Å². The predicted octanol–water partition coefficient (Wildman–Crippen LogP) is 1.76. The largest absolute Gasteiger partial charge is 0.375 e. The number of amides is 3. The Hall–Kier alpha value is -2.08. The minimum Gasteiger partial charge on any atom is -0.375 e. The lowest BCUT2D eigenvalue weighted by Crippen LogP contribution is -2.48. The van der Waals surface area contributed by atoms with Crippen LogP contribution in [-0.4, -0.2) is 48.7 Å². The van der Waals surface area contributed by atoms with Crippen LogP contribution in [0.15, 0.2) is 24.3 Å². The summed E-state index contributed by atoms with van der Waals surface area (Å²) in [6, 6.07) is 7.29. The number of nitrogens with one attached hydrogen (secondary N) is 2. The molecule has 126 valence electrons. The molecule has 2 N–H and O–H groups in total. The molecule has 1 saturated heterocycles. The number of carbonyl (C=O) groups is 2. The Morgan fingerprint density at radius 3 is 2.87 bits per heavy atom. The van der Waals surface area contributed by atoms with Gasteiger partial charge in [0.15, 0.2) is 0 Å². The summed E-state index contributed by atoms with van der Waals surface area (Å²) < 4.78 is 5.43. The number of ether oxygens (including phenoxy) is 1. The monoisotopic (exact) mass is 319 g/mol. The number of nitrogens with zero attached hydrogens (tertiary/aromatic N) is 1. The maximum absolute atomic E-state index is 12.2. The second kappa shape index (κ2) is 7.97. The zero-order valence-electron chi connectivity index (χ0n) is 14.0. The molecule has 0 aromatic heterocycles. The van der Waals surface area contributed by atoms with E-state index in [0.717, 1.165) is 5.56 Å². The van der Waals surface area contributed by atoms with E-state index in [0.29, 0.717) is 31.8 Å². The fraction of sp³-hybridized carbons (Fsp3) is 0.529. The molecule has 1 atom stereocenters. The van der Waals surface area contributed by atoms with Crippen LogP contribution >= 0.6 is 0 Å². The second-order valence-corrected chi connectivity index (χ2v) is 6.11. The number of carbonyl (C=O) groups excluding carboxylic acids is 2. The van der Waals surface area contributed by atoms with E-state index in [1.54, 1.807) is 17.0 Å². The highest BCUT2D eigenvalue weighted by Gasteiger charge is 2.20. The van der Waals surface area contributed by atoms with E-state index in [-0.39, 0.29) is 24.1 Å². The van der Waals surface area contributed by atoms with Crippen molar-refractivity contribution in [1.29, 1.82) is 0 Å². The molecule has 1 aliphatic heterocycles. The summed E-state index contributed by atoms with van der Waals surface area (Å²) >= 11 is 0. The molecule has 3 amide bonds. The standard InChI is InChI=1S/C17H25N3O3/c1-12(2)19-16(21)15-6-4-5-14(9-15)10-18-17(22)20-7-8-23-13(3)11-20/h4-6,9,12-13H,7-8,10-11H2,1-3H3,(H,18,22)(H,19,21). The van der Waals surface area contributed by atoms with E-state index in [1.807, 2.05) is 32.9 Å². The average Bonchev–Trinajstić information content (AvgIpc) is 2.52. The number of urea groups is 1. The van der Waals surface area contributed by atoms with Crippen molar-refractivity contribution in [3.63, 3.8) is 0 Å². The van der Waals surface area contributed by atoms with Crippen molar-refractivity contribution in [2.75, 3.05) is 19.7 Å². The van der Waals surface area contributed by atoms with Gasteiger partial charge in [-0.05, 0) is 38.5 Å². The van der Waals surface area contributed by atoms with Gasteiger partial charge in [-0.1, -0.05) is 12.1 Å². The van der Waals surface area contributed by atoms with Crippen molar-refractivity contribution in [2.24, 2.45) is 0 Å². The molecule has 1 unspecified atom stereocenters. The maximum atomic E-state index is 12.2. The van der Waals surface area contributed by atoms with Gasteiger partial charge in [0, 0.05) is 31.2 Å². The minimum absolute atomic E-state index is 0.0672. The molecule has 1 aromatic carbocycles. The zero-order valence-corrected chi connectivity index (χ0v) is 14.0. The van der Waals surface area contributed by atoms with Crippen molar-refractivity contribution in [1.82, 2.24) is 15.5 Å². The third-order valence-electron chi connectivity index (χ3n) is 3.58. The lowest BCUT2D eigenvalue weighted by Gasteiger charge is -2.31. The minimum atomic E-state index is -0.102. The highest BCUT2D eigenvalue weighted by Crippen LogP contribution is 2.07. The molecule has 0 spiro atoms.